The predicted molar refractivity (Wildman–Crippen MR) is 249 cm³/mol. The van der Waals surface area contributed by atoms with Crippen molar-refractivity contribution in [3.05, 3.63) is 225 Å². The van der Waals surface area contributed by atoms with Crippen LogP contribution in [0.25, 0.3) is 17.9 Å². The molecule has 5 aromatic rings. The van der Waals surface area contributed by atoms with E-state index >= 15 is 0 Å². The Balaban J connectivity index is 0.000000209. The van der Waals surface area contributed by atoms with E-state index < -0.39 is 0 Å². The molecule has 0 saturated heterocycles. The van der Waals surface area contributed by atoms with Gasteiger partial charge in [-0.25, -0.2) is 0 Å². The molecule has 2 aliphatic heterocycles. The van der Waals surface area contributed by atoms with E-state index in [1.54, 1.807) is 11.0 Å². The van der Waals surface area contributed by atoms with Gasteiger partial charge in [0.05, 0.1) is 0 Å². The van der Waals surface area contributed by atoms with Gasteiger partial charge < -0.3 is 11.4 Å². The molecule has 0 saturated carbocycles. The van der Waals surface area contributed by atoms with E-state index in [0.29, 0.717) is 0 Å². The minimum atomic E-state index is 0.256. The van der Waals surface area contributed by atoms with Crippen LogP contribution >= 0.6 is 90.4 Å². The third-order valence-electron chi connectivity index (χ3n) is 6.00. The zero-order valence-corrected chi connectivity index (χ0v) is 37.1. The van der Waals surface area contributed by atoms with Gasteiger partial charge in [0.2, 0.25) is 0 Å². The van der Waals surface area contributed by atoms with Crippen LogP contribution in [-0.2, 0) is 15.3 Å². The van der Waals surface area contributed by atoms with Crippen molar-refractivity contribution in [2.24, 2.45) is 9.98 Å². The first-order chi connectivity index (χ1) is 25.2. The molecule has 9 heteroatoms. The van der Waals surface area contributed by atoms with Gasteiger partial charge in [-0.3, -0.25) is 12.7 Å². The SMILES string of the molecule is Ic1cc[c-]cc1.Ic1cc[c-]cc1.Ic1cc[c-]cc1.Ic1cc[c-]cc1.[CH-]=CC([NH-])=Cc1ccc(C=C2C=CC(C=C3C=CC([CH]=[Co])=N3)=N2)[nH]1. The molecular formula is C43H30CoI4N4-6. The van der Waals surface area contributed by atoms with Gasteiger partial charge in [-0.15, -0.1) is 6.08 Å². The molecule has 265 valence electrons. The second kappa shape index (κ2) is 25.9. The van der Waals surface area contributed by atoms with Crippen molar-refractivity contribution in [1.29, 1.82) is 0 Å². The first-order valence-electron chi connectivity index (χ1n) is 15.3. The van der Waals surface area contributed by atoms with E-state index in [4.69, 9.17) is 12.3 Å². The molecule has 0 bridgehead atoms. The molecule has 0 aliphatic carbocycles. The van der Waals surface area contributed by atoms with Gasteiger partial charge in [-0.1, -0.05) is 105 Å². The normalized spacial score (nSPS) is 13.9. The van der Waals surface area contributed by atoms with Gasteiger partial charge >= 0.3 is 118 Å². The summed E-state index contributed by atoms with van der Waals surface area (Å²) in [5.74, 6) is 0. The maximum atomic E-state index is 7.54. The standard InChI is InChI=1S/C19H14N4.4C6H4I.Co/c1-3-14(20)10-15-6-7-18(22-15)12-19-9-8-17(23-19)11-16-5-4-13(2)21-16;4*7-6-4-2-1-3-5-6;/h1-12,20,22H;4*2-5H;/q-2;4*-1;. The Labute approximate surface area is 369 Å². The molecule has 0 unspecified atom stereocenters. The summed E-state index contributed by atoms with van der Waals surface area (Å²) in [6.07, 6.45) is 14.5. The molecule has 2 aliphatic rings. The number of halogens is 4. The molecular weight excluding hydrogens is 1140 g/mol. The molecule has 0 radical (unpaired) electrons. The van der Waals surface area contributed by atoms with Crippen LogP contribution in [0.15, 0.2) is 173 Å². The fourth-order valence-corrected chi connectivity index (χ4v) is 5.28. The van der Waals surface area contributed by atoms with Crippen LogP contribution in [0.3, 0.4) is 0 Å². The average Bonchev–Trinajstić information content (AvgIpc) is 3.93. The number of hydrogen-bond acceptors (Lipinski definition) is 2. The number of nitrogens with one attached hydrogen (secondary N) is 2. The molecule has 1 aromatic heterocycles. The molecule has 52 heavy (non-hydrogen) atoms. The number of rotatable bonds is 5. The Morgan fingerprint density at radius 1 is 0.577 bits per heavy atom. The van der Waals surface area contributed by atoms with Crippen LogP contribution < -0.4 is 0 Å². The Morgan fingerprint density at radius 3 is 1.33 bits per heavy atom. The summed E-state index contributed by atoms with van der Waals surface area (Å²) in [6.45, 7) is 5.30. The Kier molecular flexibility index (Phi) is 21.7. The molecule has 0 amide bonds. The van der Waals surface area contributed by atoms with Crippen LogP contribution in [0.1, 0.15) is 11.4 Å². The molecule has 4 aromatic carbocycles. The number of aromatic amines is 1. The van der Waals surface area contributed by atoms with Crippen molar-refractivity contribution in [1.82, 2.24) is 4.98 Å². The first-order valence-corrected chi connectivity index (χ1v) is 20.2. The van der Waals surface area contributed by atoms with Crippen molar-refractivity contribution in [2.45, 2.75) is 0 Å². The van der Waals surface area contributed by atoms with E-state index in [9.17, 15) is 0 Å². The molecule has 0 atom stereocenters. The Morgan fingerprint density at radius 2 is 0.962 bits per heavy atom. The second-order valence-corrected chi connectivity index (χ2v) is 15.3. The summed E-state index contributed by atoms with van der Waals surface area (Å²) in [4.78, 5) is 13.8. The monoisotopic (exact) mass is 1170 g/mol. The molecule has 3 heterocycles. The zero-order chi connectivity index (χ0) is 37.4. The van der Waals surface area contributed by atoms with Gasteiger partial charge in [0.15, 0.2) is 0 Å². The van der Waals surface area contributed by atoms with Crippen molar-refractivity contribution in [3.63, 3.8) is 0 Å². The Hall–Kier alpha value is -2.96. The third-order valence-corrected chi connectivity index (χ3v) is 9.18. The summed E-state index contributed by atoms with van der Waals surface area (Å²) in [5, 5.41) is 0. The van der Waals surface area contributed by atoms with Gasteiger partial charge in [-0.05, 0) is 0 Å². The van der Waals surface area contributed by atoms with Crippen LogP contribution in [0, 0.1) is 45.1 Å². The molecule has 4 nitrogen and oxygen atoms in total. The van der Waals surface area contributed by atoms with Crippen LogP contribution in [0.2, 0.25) is 0 Å². The van der Waals surface area contributed by atoms with Crippen molar-refractivity contribution in [3.8, 4) is 0 Å². The van der Waals surface area contributed by atoms with E-state index in [1.165, 1.54) is 20.4 Å². The van der Waals surface area contributed by atoms with Crippen molar-refractivity contribution < 1.29 is 15.3 Å². The van der Waals surface area contributed by atoms with E-state index in [-0.39, 0.29) is 5.70 Å². The Bertz CT molecular complexity index is 1900. The minimum absolute atomic E-state index is 0.256. The van der Waals surface area contributed by atoms with Gasteiger partial charge in [0.25, 0.3) is 0 Å². The molecule has 0 fully saturated rings. The number of H-pyrrole nitrogens is 1. The van der Waals surface area contributed by atoms with E-state index in [2.05, 4.69) is 145 Å². The quantitative estimate of drug-likeness (QED) is 0.104. The van der Waals surface area contributed by atoms with E-state index in [1.807, 2.05) is 146 Å². The summed E-state index contributed by atoms with van der Waals surface area (Å²) in [6, 6.07) is 46.9. The summed E-state index contributed by atoms with van der Waals surface area (Å²) in [5.41, 5.74) is 12.9. The van der Waals surface area contributed by atoms with Crippen LogP contribution in [0.5, 0.6) is 0 Å². The number of nitrogens with zero attached hydrogens (tertiary/aromatic N) is 2. The maximum absolute atomic E-state index is 7.54. The molecule has 0 spiro atoms. The molecule has 7 rings (SSSR count). The van der Waals surface area contributed by atoms with Gasteiger partial charge in [-0.2, -0.15) is 121 Å². The fourth-order valence-electron chi connectivity index (χ4n) is 3.67. The van der Waals surface area contributed by atoms with Gasteiger partial charge in [0, 0.05) is 0 Å². The third kappa shape index (κ3) is 19.2. The molecule has 2 N–H and O–H groups in total. The number of aliphatic imine (C=N–C) groups is 2. The van der Waals surface area contributed by atoms with E-state index in [0.717, 1.165) is 34.2 Å². The zero-order valence-electron chi connectivity index (χ0n) is 27.4. The van der Waals surface area contributed by atoms with Crippen LogP contribution in [-0.4, -0.2) is 21.4 Å². The van der Waals surface area contributed by atoms with Crippen molar-refractivity contribution >= 4 is 119 Å². The van der Waals surface area contributed by atoms with Gasteiger partial charge in [0.1, 0.15) is 0 Å². The number of benzene rings is 4. The fraction of sp³-hybridized carbons (Fsp3) is 0. The second-order valence-electron chi connectivity index (χ2n) is 9.98. The number of hydrogen-bond donors (Lipinski definition) is 1. The number of aromatic nitrogens is 1. The topological polar surface area (TPSA) is 64.3 Å². The predicted octanol–water partition coefficient (Wildman–Crippen LogP) is 12.4. The number of allylic oxidation sites excluding steroid dienone is 6. The average molecular weight is 1170 g/mol. The van der Waals surface area contributed by atoms with Crippen LogP contribution in [0.4, 0.5) is 0 Å². The first kappa shape index (κ1) is 43.4. The van der Waals surface area contributed by atoms with Crippen molar-refractivity contribution in [2.75, 3.05) is 0 Å². The summed E-state index contributed by atoms with van der Waals surface area (Å²) in [7, 11) is 0. The summed E-state index contributed by atoms with van der Waals surface area (Å²) >= 11 is 13.2. The summed E-state index contributed by atoms with van der Waals surface area (Å²) < 4.78 is 5.04.